The van der Waals surface area contributed by atoms with Crippen LogP contribution in [-0.2, 0) is 9.53 Å². The maximum Gasteiger partial charge on any atom is 0.338 e. The molecule has 0 radical (unpaired) electrons. The molecule has 0 N–H and O–H groups in total. The van der Waals surface area contributed by atoms with Crippen molar-refractivity contribution < 1.29 is 14.3 Å². The Morgan fingerprint density at radius 2 is 1.97 bits per heavy atom. The van der Waals surface area contributed by atoms with Crippen molar-refractivity contribution in [3.63, 3.8) is 0 Å². The molecule has 0 amide bonds. The molecule has 1 aliphatic rings. The van der Waals surface area contributed by atoms with Crippen LogP contribution < -0.4 is 19.6 Å². The van der Waals surface area contributed by atoms with E-state index in [4.69, 9.17) is 14.5 Å². The van der Waals surface area contributed by atoms with Crippen molar-refractivity contribution >= 4 is 39.3 Å². The van der Waals surface area contributed by atoms with Crippen LogP contribution in [0.15, 0.2) is 74.1 Å². The third-order valence-electron chi connectivity index (χ3n) is 5.78. The van der Waals surface area contributed by atoms with Gasteiger partial charge in [-0.25, -0.2) is 9.79 Å². The Balaban J connectivity index is 1.93. The van der Waals surface area contributed by atoms with Gasteiger partial charge in [-0.3, -0.25) is 9.36 Å². The van der Waals surface area contributed by atoms with Crippen LogP contribution in [0, 0.1) is 0 Å². The Labute approximate surface area is 216 Å². The fourth-order valence-corrected chi connectivity index (χ4v) is 5.44. The number of hydrogen-bond donors (Lipinski definition) is 0. The molecule has 1 atom stereocenters. The summed E-state index contributed by atoms with van der Waals surface area (Å²) in [5, 5.41) is 0. The van der Waals surface area contributed by atoms with E-state index in [0.29, 0.717) is 33.6 Å². The SMILES string of the molecule is CCCCOc1ccc(Br)cc1/C=c1/sc2n(c1=O)[C@@H](c1ccccc1)C(C(=O)OC)=C(CC)N=2. The number of aromatic nitrogens is 1. The van der Waals surface area contributed by atoms with E-state index in [1.807, 2.05) is 61.5 Å². The molecule has 35 heavy (non-hydrogen) atoms. The molecule has 0 fully saturated rings. The summed E-state index contributed by atoms with van der Waals surface area (Å²) in [4.78, 5) is 31.9. The number of methoxy groups -OCH3 is 1. The lowest BCUT2D eigenvalue weighted by atomic mass is 9.95. The summed E-state index contributed by atoms with van der Waals surface area (Å²) >= 11 is 4.83. The Morgan fingerprint density at radius 3 is 2.66 bits per heavy atom. The Bertz CT molecular complexity index is 1440. The highest BCUT2D eigenvalue weighted by Crippen LogP contribution is 2.31. The zero-order valence-corrected chi connectivity index (χ0v) is 22.3. The number of halogens is 1. The minimum absolute atomic E-state index is 0.210. The van der Waals surface area contributed by atoms with Crippen LogP contribution in [0.1, 0.15) is 50.3 Å². The van der Waals surface area contributed by atoms with Gasteiger partial charge in [-0.05, 0) is 42.7 Å². The van der Waals surface area contributed by atoms with E-state index in [1.54, 1.807) is 4.57 Å². The molecule has 4 rings (SSSR count). The van der Waals surface area contributed by atoms with Crippen molar-refractivity contribution in [1.29, 1.82) is 0 Å². The van der Waals surface area contributed by atoms with E-state index in [0.717, 1.165) is 34.2 Å². The second-order valence-electron chi connectivity index (χ2n) is 8.08. The van der Waals surface area contributed by atoms with Crippen LogP contribution >= 0.6 is 27.3 Å². The van der Waals surface area contributed by atoms with Crippen LogP contribution in [0.4, 0.5) is 0 Å². The number of thiazole rings is 1. The van der Waals surface area contributed by atoms with Crippen LogP contribution in [0.5, 0.6) is 5.75 Å². The normalized spacial score (nSPS) is 15.5. The molecule has 2 heterocycles. The molecule has 0 unspecified atom stereocenters. The average Bonchev–Trinajstić information content (AvgIpc) is 3.18. The van der Waals surface area contributed by atoms with Crippen molar-refractivity contribution in [3.8, 4) is 5.75 Å². The molecule has 1 aliphatic heterocycles. The van der Waals surface area contributed by atoms with E-state index >= 15 is 0 Å². The highest BCUT2D eigenvalue weighted by atomic mass is 79.9. The monoisotopic (exact) mass is 554 g/mol. The number of rotatable bonds is 8. The second kappa shape index (κ2) is 11.2. The summed E-state index contributed by atoms with van der Waals surface area (Å²) < 4.78 is 14.1. The zero-order chi connectivity index (χ0) is 24.9. The summed E-state index contributed by atoms with van der Waals surface area (Å²) in [5.74, 6) is 0.240. The van der Waals surface area contributed by atoms with Crippen LogP contribution in [0.2, 0.25) is 0 Å². The van der Waals surface area contributed by atoms with Gasteiger partial charge in [0, 0.05) is 10.0 Å². The highest BCUT2D eigenvalue weighted by molar-refractivity contribution is 9.10. The molecule has 0 bridgehead atoms. The third-order valence-corrected chi connectivity index (χ3v) is 7.26. The van der Waals surface area contributed by atoms with E-state index in [-0.39, 0.29) is 5.56 Å². The number of hydrogen-bond acceptors (Lipinski definition) is 6. The van der Waals surface area contributed by atoms with Crippen LogP contribution in [0.3, 0.4) is 0 Å². The van der Waals surface area contributed by atoms with Gasteiger partial charge >= 0.3 is 5.97 Å². The maximum absolute atomic E-state index is 13.8. The van der Waals surface area contributed by atoms with Gasteiger partial charge in [-0.2, -0.15) is 0 Å². The molecular weight excluding hydrogens is 528 g/mol. The number of fused-ring (bicyclic) bond motifs is 1. The number of nitrogens with zero attached hydrogens (tertiary/aromatic N) is 2. The van der Waals surface area contributed by atoms with E-state index in [9.17, 15) is 9.59 Å². The van der Waals surface area contributed by atoms with E-state index in [2.05, 4.69) is 22.9 Å². The lowest BCUT2D eigenvalue weighted by Gasteiger charge is -2.25. The smallest absolute Gasteiger partial charge is 0.338 e. The number of esters is 1. The topological polar surface area (TPSA) is 69.9 Å². The predicted molar refractivity (Wildman–Crippen MR) is 141 cm³/mol. The van der Waals surface area contributed by atoms with Crippen molar-refractivity contribution in [3.05, 3.63) is 95.1 Å². The summed E-state index contributed by atoms with van der Waals surface area (Å²) in [6.45, 7) is 4.67. The Kier molecular flexibility index (Phi) is 8.03. The molecule has 8 heteroatoms. The summed E-state index contributed by atoms with van der Waals surface area (Å²) in [6.07, 6.45) is 4.36. The van der Waals surface area contributed by atoms with Crippen LogP contribution in [-0.4, -0.2) is 24.3 Å². The van der Waals surface area contributed by atoms with Crippen molar-refractivity contribution in [2.24, 2.45) is 4.99 Å². The van der Waals surface area contributed by atoms with Crippen LogP contribution in [0.25, 0.3) is 6.08 Å². The molecule has 0 saturated carbocycles. The summed E-state index contributed by atoms with van der Waals surface area (Å²) in [5.41, 5.74) is 2.45. The molecule has 0 saturated heterocycles. The molecule has 0 spiro atoms. The molecule has 0 aliphatic carbocycles. The van der Waals surface area contributed by atoms with Crippen molar-refractivity contribution in [1.82, 2.24) is 4.57 Å². The lowest BCUT2D eigenvalue weighted by Crippen LogP contribution is -2.40. The molecule has 182 valence electrons. The first-order valence-corrected chi connectivity index (χ1v) is 13.2. The fourth-order valence-electron chi connectivity index (χ4n) is 4.05. The largest absolute Gasteiger partial charge is 0.493 e. The second-order valence-corrected chi connectivity index (χ2v) is 10.0. The first kappa shape index (κ1) is 25.1. The minimum Gasteiger partial charge on any atom is -0.493 e. The zero-order valence-electron chi connectivity index (χ0n) is 19.9. The molecule has 3 aromatic rings. The standard InChI is InChI=1S/C27H27BrN2O4S/c1-4-6-14-34-21-13-12-19(28)15-18(21)16-22-25(31)30-24(17-10-8-7-9-11-17)23(26(32)33-3)20(5-2)29-27(30)35-22/h7-13,15-16,24H,4-6,14H2,1-3H3/b22-16+/t24-/m0/s1. The van der Waals surface area contributed by atoms with Gasteiger partial charge < -0.3 is 9.47 Å². The number of allylic oxidation sites excluding steroid dienone is 1. The van der Waals surface area contributed by atoms with Gasteiger partial charge in [0.15, 0.2) is 4.80 Å². The number of ether oxygens (including phenoxy) is 2. The van der Waals surface area contributed by atoms with Crippen molar-refractivity contribution in [2.75, 3.05) is 13.7 Å². The molecule has 6 nitrogen and oxygen atoms in total. The molecule has 2 aromatic carbocycles. The quantitative estimate of drug-likeness (QED) is 0.298. The predicted octanol–water partition coefficient (Wildman–Crippen LogP) is 4.74. The fraction of sp³-hybridized carbons (Fsp3) is 0.296. The first-order valence-electron chi connectivity index (χ1n) is 11.6. The average molecular weight is 555 g/mol. The van der Waals surface area contributed by atoms with Gasteiger partial charge in [0.2, 0.25) is 0 Å². The summed E-state index contributed by atoms with van der Waals surface area (Å²) in [7, 11) is 1.35. The first-order chi connectivity index (χ1) is 17.0. The number of benzene rings is 2. The Hall–Kier alpha value is -2.97. The lowest BCUT2D eigenvalue weighted by molar-refractivity contribution is -0.136. The van der Waals surface area contributed by atoms with Gasteiger partial charge in [0.25, 0.3) is 5.56 Å². The van der Waals surface area contributed by atoms with Gasteiger partial charge in [0.1, 0.15) is 5.75 Å². The third kappa shape index (κ3) is 5.18. The molecular formula is C27H27BrN2O4S. The van der Waals surface area contributed by atoms with Gasteiger partial charge in [0.05, 0.1) is 35.6 Å². The number of unbranched alkanes of at least 4 members (excludes halogenated alkanes) is 1. The van der Waals surface area contributed by atoms with Gasteiger partial charge in [-0.1, -0.05) is 77.9 Å². The number of carbonyl (C=O) groups is 1. The minimum atomic E-state index is -0.611. The van der Waals surface area contributed by atoms with Gasteiger partial charge in [-0.15, -0.1) is 0 Å². The maximum atomic E-state index is 13.8. The molecule has 1 aromatic heterocycles. The van der Waals surface area contributed by atoms with E-state index < -0.39 is 12.0 Å². The summed E-state index contributed by atoms with van der Waals surface area (Å²) in [6, 6.07) is 14.7. The Morgan fingerprint density at radius 1 is 1.20 bits per heavy atom. The number of carbonyl (C=O) groups excluding carboxylic acids is 1. The van der Waals surface area contributed by atoms with Crippen molar-refractivity contribution in [2.45, 2.75) is 39.2 Å². The van der Waals surface area contributed by atoms with E-state index in [1.165, 1.54) is 18.4 Å². The highest BCUT2D eigenvalue weighted by Gasteiger charge is 2.33.